The van der Waals surface area contributed by atoms with Gasteiger partial charge in [-0.2, -0.15) is 0 Å². The van der Waals surface area contributed by atoms with Crippen molar-refractivity contribution in [3.63, 3.8) is 0 Å². The summed E-state index contributed by atoms with van der Waals surface area (Å²) in [6.45, 7) is 9.34. The van der Waals surface area contributed by atoms with Crippen LogP contribution in [0.3, 0.4) is 0 Å². The van der Waals surface area contributed by atoms with Gasteiger partial charge in [0, 0.05) is 13.2 Å². The zero-order valence-corrected chi connectivity index (χ0v) is 10.3. The molecular formula is C11H21O2Si. The summed E-state index contributed by atoms with van der Waals surface area (Å²) in [5, 5.41) is 0. The van der Waals surface area contributed by atoms with E-state index >= 15 is 0 Å². The highest BCUT2D eigenvalue weighted by Crippen LogP contribution is 2.11. The van der Waals surface area contributed by atoms with E-state index in [1.807, 2.05) is 0 Å². The summed E-state index contributed by atoms with van der Waals surface area (Å²) in [6.07, 6.45) is 5.96. The summed E-state index contributed by atoms with van der Waals surface area (Å²) in [5.41, 5.74) is -0.787. The third-order valence-corrected chi connectivity index (χ3v) is 2.39. The van der Waals surface area contributed by atoms with Crippen molar-refractivity contribution in [3.05, 3.63) is 12.7 Å². The molecule has 0 aliphatic rings. The molecule has 14 heavy (non-hydrogen) atoms. The smallest absolute Gasteiger partial charge is 0.162 e. The first kappa shape index (κ1) is 13.9. The van der Waals surface area contributed by atoms with Crippen LogP contribution in [0, 0.1) is 0 Å². The molecule has 0 bridgehead atoms. The Morgan fingerprint density at radius 1 is 1.14 bits per heavy atom. The van der Waals surface area contributed by atoms with E-state index in [2.05, 4.69) is 30.7 Å². The average Bonchev–Trinajstić information content (AvgIpc) is 2.19. The lowest BCUT2D eigenvalue weighted by molar-refractivity contribution is -0.147. The molecule has 3 heteroatoms. The maximum atomic E-state index is 5.54. The number of rotatable bonds is 9. The number of ether oxygens (including phenoxy) is 2. The molecular weight excluding hydrogens is 192 g/mol. The van der Waals surface area contributed by atoms with E-state index < -0.39 is 5.41 Å². The lowest BCUT2D eigenvalue weighted by atomic mass is 10.3. The van der Waals surface area contributed by atoms with E-state index in [1.54, 1.807) is 6.08 Å². The molecule has 0 N–H and O–H groups in total. The standard InChI is InChI=1S/C11H21O2Si/c1-4-7-9-12-11(14,6-3)13-10-8-5-2/h6H,3-5,7-10H2,1-2H3. The van der Waals surface area contributed by atoms with Gasteiger partial charge in [0.1, 0.15) is 10.2 Å². The van der Waals surface area contributed by atoms with Crippen molar-refractivity contribution in [1.82, 2.24) is 0 Å². The maximum absolute atomic E-state index is 5.54. The Morgan fingerprint density at radius 2 is 1.57 bits per heavy atom. The highest BCUT2D eigenvalue weighted by Gasteiger charge is 2.20. The van der Waals surface area contributed by atoms with Gasteiger partial charge in [-0.25, -0.2) is 0 Å². The SMILES string of the molecule is C=CC([Si])(OCCCC)OCCCC. The van der Waals surface area contributed by atoms with Crippen LogP contribution in [-0.4, -0.2) is 28.9 Å². The molecule has 2 nitrogen and oxygen atoms in total. The largest absolute Gasteiger partial charge is 0.351 e. The summed E-state index contributed by atoms with van der Waals surface area (Å²) >= 11 is 0. The van der Waals surface area contributed by atoms with Crippen molar-refractivity contribution < 1.29 is 9.47 Å². The Morgan fingerprint density at radius 3 is 1.86 bits per heavy atom. The molecule has 3 radical (unpaired) electrons. The molecule has 0 saturated carbocycles. The van der Waals surface area contributed by atoms with E-state index in [0.29, 0.717) is 13.2 Å². The minimum Gasteiger partial charge on any atom is -0.351 e. The Balaban J connectivity index is 3.73. The second-order valence-corrected chi connectivity index (χ2v) is 3.97. The third-order valence-electron chi connectivity index (χ3n) is 1.90. The molecule has 0 heterocycles. The van der Waals surface area contributed by atoms with E-state index in [4.69, 9.17) is 9.47 Å². The van der Waals surface area contributed by atoms with Crippen molar-refractivity contribution in [2.75, 3.05) is 13.2 Å². The van der Waals surface area contributed by atoms with Gasteiger partial charge in [0.15, 0.2) is 5.41 Å². The first-order chi connectivity index (χ1) is 6.68. The molecule has 0 fully saturated rings. The Hall–Kier alpha value is -0.123. The molecule has 0 aliphatic carbocycles. The van der Waals surface area contributed by atoms with Gasteiger partial charge >= 0.3 is 0 Å². The lowest BCUT2D eigenvalue weighted by Crippen LogP contribution is -2.34. The maximum Gasteiger partial charge on any atom is 0.162 e. The first-order valence-electron chi connectivity index (χ1n) is 5.35. The van der Waals surface area contributed by atoms with Gasteiger partial charge in [-0.1, -0.05) is 33.3 Å². The Bertz CT molecular complexity index is 138. The summed E-state index contributed by atoms with van der Waals surface area (Å²) in [5.74, 6) is 0. The predicted octanol–water partition coefficient (Wildman–Crippen LogP) is 2.63. The first-order valence-corrected chi connectivity index (χ1v) is 5.85. The van der Waals surface area contributed by atoms with E-state index in [0.717, 1.165) is 25.7 Å². The Kier molecular flexibility index (Phi) is 8.13. The van der Waals surface area contributed by atoms with Gasteiger partial charge in [0.2, 0.25) is 0 Å². The molecule has 0 aromatic rings. The van der Waals surface area contributed by atoms with Gasteiger partial charge in [-0.15, -0.1) is 0 Å². The highest BCUT2D eigenvalue weighted by atomic mass is 28.1. The molecule has 81 valence electrons. The zero-order valence-electron chi connectivity index (χ0n) is 9.34. The second-order valence-electron chi connectivity index (χ2n) is 3.28. The minimum absolute atomic E-state index is 0.693. The van der Waals surface area contributed by atoms with E-state index in [1.165, 1.54) is 0 Å². The molecule has 0 aliphatic heterocycles. The van der Waals surface area contributed by atoms with Gasteiger partial charge in [0.25, 0.3) is 0 Å². The molecule has 0 spiro atoms. The fourth-order valence-electron chi connectivity index (χ4n) is 0.896. The number of unbranched alkanes of at least 4 members (excludes halogenated alkanes) is 2. The predicted molar refractivity (Wildman–Crippen MR) is 60.4 cm³/mol. The minimum atomic E-state index is -0.787. The monoisotopic (exact) mass is 213 g/mol. The fourth-order valence-corrected chi connectivity index (χ4v) is 1.10. The summed E-state index contributed by atoms with van der Waals surface area (Å²) < 4.78 is 11.1. The molecule has 0 aromatic carbocycles. The molecule has 0 rings (SSSR count). The second kappa shape index (κ2) is 8.21. The third kappa shape index (κ3) is 6.35. The van der Waals surface area contributed by atoms with E-state index in [-0.39, 0.29) is 0 Å². The van der Waals surface area contributed by atoms with Crippen molar-refractivity contribution >= 4 is 10.2 Å². The van der Waals surface area contributed by atoms with E-state index in [9.17, 15) is 0 Å². The van der Waals surface area contributed by atoms with Crippen molar-refractivity contribution in [2.45, 2.75) is 44.9 Å². The quantitative estimate of drug-likeness (QED) is 0.254. The van der Waals surface area contributed by atoms with Crippen LogP contribution in [0.15, 0.2) is 12.7 Å². The van der Waals surface area contributed by atoms with Crippen LogP contribution in [-0.2, 0) is 9.47 Å². The molecule has 0 amide bonds. The van der Waals surface area contributed by atoms with Crippen LogP contribution in [0.2, 0.25) is 0 Å². The van der Waals surface area contributed by atoms with Crippen LogP contribution in [0.1, 0.15) is 39.5 Å². The summed E-state index contributed by atoms with van der Waals surface area (Å²) in [4.78, 5) is 0. The molecule has 0 aromatic heterocycles. The molecule has 0 saturated heterocycles. The van der Waals surface area contributed by atoms with Gasteiger partial charge in [0.05, 0.1) is 0 Å². The van der Waals surface area contributed by atoms with Crippen LogP contribution in [0.4, 0.5) is 0 Å². The topological polar surface area (TPSA) is 18.5 Å². The Labute approximate surface area is 91.1 Å². The highest BCUT2D eigenvalue weighted by molar-refractivity contribution is 6.14. The van der Waals surface area contributed by atoms with Crippen LogP contribution in [0.25, 0.3) is 0 Å². The van der Waals surface area contributed by atoms with Crippen molar-refractivity contribution in [1.29, 1.82) is 0 Å². The van der Waals surface area contributed by atoms with Crippen molar-refractivity contribution in [3.8, 4) is 0 Å². The van der Waals surface area contributed by atoms with Gasteiger partial charge in [-0.05, 0) is 18.9 Å². The molecule has 0 unspecified atom stereocenters. The number of hydrogen-bond donors (Lipinski definition) is 0. The zero-order chi connectivity index (χ0) is 10.9. The number of hydrogen-bond acceptors (Lipinski definition) is 2. The van der Waals surface area contributed by atoms with Crippen LogP contribution >= 0.6 is 0 Å². The summed E-state index contributed by atoms with van der Waals surface area (Å²) in [6, 6.07) is 0. The van der Waals surface area contributed by atoms with Crippen LogP contribution in [0.5, 0.6) is 0 Å². The van der Waals surface area contributed by atoms with Gasteiger partial charge < -0.3 is 9.47 Å². The van der Waals surface area contributed by atoms with Gasteiger partial charge in [-0.3, -0.25) is 0 Å². The molecule has 0 atom stereocenters. The normalized spacial score (nSPS) is 11.6. The fraction of sp³-hybridized carbons (Fsp3) is 0.818. The van der Waals surface area contributed by atoms with Crippen LogP contribution < -0.4 is 0 Å². The average molecular weight is 213 g/mol. The lowest BCUT2D eigenvalue weighted by Gasteiger charge is -2.26. The summed E-state index contributed by atoms with van der Waals surface area (Å²) in [7, 11) is 3.44. The van der Waals surface area contributed by atoms with Crippen molar-refractivity contribution in [2.24, 2.45) is 0 Å².